The molecule has 3 rings (SSSR count). The van der Waals surface area contributed by atoms with Crippen molar-refractivity contribution in [3.05, 3.63) is 89.5 Å². The Balaban J connectivity index is 1.77. The van der Waals surface area contributed by atoms with Crippen LogP contribution < -0.4 is 18.9 Å². The van der Waals surface area contributed by atoms with E-state index in [1.807, 2.05) is 62.4 Å². The first-order chi connectivity index (χ1) is 15.6. The molecule has 5 nitrogen and oxygen atoms in total. The second-order valence-electron chi connectivity index (χ2n) is 6.90. The van der Waals surface area contributed by atoms with Crippen LogP contribution in [0.3, 0.4) is 0 Å². The number of benzene rings is 3. The van der Waals surface area contributed by atoms with Crippen LogP contribution in [0.4, 0.5) is 0 Å². The molecule has 0 aliphatic carbocycles. The zero-order valence-corrected chi connectivity index (χ0v) is 18.7. The number of ketones is 1. The topological polar surface area (TPSA) is 54.0 Å². The molecule has 0 amide bonds. The maximum absolute atomic E-state index is 12.8. The highest BCUT2D eigenvalue weighted by atomic mass is 16.5. The summed E-state index contributed by atoms with van der Waals surface area (Å²) in [5.41, 5.74) is 2.35. The van der Waals surface area contributed by atoms with Crippen LogP contribution in [0.1, 0.15) is 35.3 Å². The third-order valence-electron chi connectivity index (χ3n) is 4.70. The highest BCUT2D eigenvalue weighted by molar-refractivity contribution is 6.08. The van der Waals surface area contributed by atoms with Crippen molar-refractivity contribution in [1.82, 2.24) is 0 Å². The summed E-state index contributed by atoms with van der Waals surface area (Å²) >= 11 is 0. The van der Waals surface area contributed by atoms with E-state index in [4.69, 9.17) is 18.9 Å². The Kier molecular flexibility index (Phi) is 8.32. The molecule has 166 valence electrons. The third-order valence-corrected chi connectivity index (χ3v) is 4.70. The van der Waals surface area contributed by atoms with Gasteiger partial charge in [0.1, 0.15) is 29.6 Å². The van der Waals surface area contributed by atoms with Gasteiger partial charge in [-0.15, -0.1) is 0 Å². The summed E-state index contributed by atoms with van der Waals surface area (Å²) in [7, 11) is 1.58. The maximum atomic E-state index is 12.8. The Morgan fingerprint density at radius 1 is 0.812 bits per heavy atom. The number of ether oxygens (including phenoxy) is 4. The largest absolute Gasteiger partial charge is 0.497 e. The van der Waals surface area contributed by atoms with Crippen molar-refractivity contribution >= 4 is 11.9 Å². The first-order valence-electron chi connectivity index (χ1n) is 10.6. The fourth-order valence-electron chi connectivity index (χ4n) is 3.13. The smallest absolute Gasteiger partial charge is 0.189 e. The number of allylic oxidation sites excluding steroid dienone is 1. The second-order valence-corrected chi connectivity index (χ2v) is 6.90. The molecular weight excluding hydrogens is 404 g/mol. The van der Waals surface area contributed by atoms with E-state index in [0.29, 0.717) is 48.4 Å². The van der Waals surface area contributed by atoms with Crippen molar-refractivity contribution in [2.75, 3.05) is 20.3 Å². The van der Waals surface area contributed by atoms with Gasteiger partial charge in [0.05, 0.1) is 25.9 Å². The quantitative estimate of drug-likeness (QED) is 0.276. The van der Waals surface area contributed by atoms with Crippen LogP contribution in [0.2, 0.25) is 0 Å². The van der Waals surface area contributed by atoms with Gasteiger partial charge in [-0.25, -0.2) is 0 Å². The van der Waals surface area contributed by atoms with E-state index in [9.17, 15) is 4.79 Å². The average molecular weight is 433 g/mol. The standard InChI is InChI=1S/C27H28O5/c1-4-30-26-18-23(32-19-20-9-7-6-8-10-20)13-11-21(26)12-16-25(28)24-15-14-22(29-3)17-27(24)31-5-2/h6-18H,4-5,19H2,1-3H3. The van der Waals surface area contributed by atoms with Gasteiger partial charge < -0.3 is 18.9 Å². The van der Waals surface area contributed by atoms with Gasteiger partial charge in [-0.05, 0) is 55.8 Å². The zero-order valence-electron chi connectivity index (χ0n) is 18.7. The van der Waals surface area contributed by atoms with Crippen LogP contribution in [0.25, 0.3) is 6.08 Å². The van der Waals surface area contributed by atoms with Gasteiger partial charge in [0.25, 0.3) is 0 Å². The molecule has 0 spiro atoms. The van der Waals surface area contributed by atoms with Crippen LogP contribution in [0.15, 0.2) is 72.8 Å². The number of carbonyl (C=O) groups excluding carboxylic acids is 1. The van der Waals surface area contributed by atoms with Crippen molar-refractivity contribution in [2.45, 2.75) is 20.5 Å². The Hall–Kier alpha value is -3.73. The summed E-state index contributed by atoms with van der Waals surface area (Å²) < 4.78 is 22.5. The van der Waals surface area contributed by atoms with Crippen LogP contribution in [-0.4, -0.2) is 26.1 Å². The van der Waals surface area contributed by atoms with Crippen LogP contribution in [0, 0.1) is 0 Å². The number of carbonyl (C=O) groups is 1. The Morgan fingerprint density at radius 3 is 2.22 bits per heavy atom. The minimum atomic E-state index is -0.164. The van der Waals surface area contributed by atoms with Gasteiger partial charge in [0.2, 0.25) is 0 Å². The molecule has 0 fully saturated rings. The van der Waals surface area contributed by atoms with Gasteiger partial charge in [-0.1, -0.05) is 30.3 Å². The number of hydrogen-bond acceptors (Lipinski definition) is 5. The normalized spacial score (nSPS) is 10.7. The predicted octanol–water partition coefficient (Wildman–Crippen LogP) is 5.97. The first kappa shape index (κ1) is 22.9. The SMILES string of the molecule is CCOc1cc(OCc2ccccc2)ccc1C=CC(=O)c1ccc(OC)cc1OCC. The molecule has 0 saturated heterocycles. The van der Waals surface area contributed by atoms with E-state index >= 15 is 0 Å². The Bertz CT molecular complexity index is 1060. The highest BCUT2D eigenvalue weighted by Gasteiger charge is 2.12. The second kappa shape index (κ2) is 11.6. The van der Waals surface area contributed by atoms with Crippen molar-refractivity contribution in [3.63, 3.8) is 0 Å². The molecule has 5 heteroatoms. The monoisotopic (exact) mass is 432 g/mol. The molecule has 0 radical (unpaired) electrons. The van der Waals surface area contributed by atoms with Gasteiger partial charge in [0, 0.05) is 17.7 Å². The van der Waals surface area contributed by atoms with Gasteiger partial charge in [-0.3, -0.25) is 4.79 Å². The van der Waals surface area contributed by atoms with E-state index in [1.54, 1.807) is 31.4 Å². The lowest BCUT2D eigenvalue weighted by molar-refractivity contribution is 0.104. The van der Waals surface area contributed by atoms with Crippen LogP contribution in [-0.2, 0) is 6.61 Å². The molecule has 0 saturated carbocycles. The molecule has 0 aliphatic rings. The van der Waals surface area contributed by atoms with E-state index in [1.165, 1.54) is 6.08 Å². The van der Waals surface area contributed by atoms with E-state index in [2.05, 4.69) is 0 Å². The average Bonchev–Trinajstić information content (AvgIpc) is 2.83. The maximum Gasteiger partial charge on any atom is 0.189 e. The van der Waals surface area contributed by atoms with Crippen molar-refractivity contribution in [3.8, 4) is 23.0 Å². The minimum Gasteiger partial charge on any atom is -0.497 e. The first-order valence-corrected chi connectivity index (χ1v) is 10.6. The Morgan fingerprint density at radius 2 is 1.50 bits per heavy atom. The molecule has 3 aromatic carbocycles. The van der Waals surface area contributed by atoms with Crippen molar-refractivity contribution in [2.24, 2.45) is 0 Å². The number of rotatable bonds is 11. The van der Waals surface area contributed by atoms with Gasteiger partial charge >= 0.3 is 0 Å². The lowest BCUT2D eigenvalue weighted by Gasteiger charge is -2.12. The van der Waals surface area contributed by atoms with E-state index in [-0.39, 0.29) is 5.78 Å². The molecule has 0 heterocycles. The van der Waals surface area contributed by atoms with Crippen LogP contribution in [0.5, 0.6) is 23.0 Å². The summed E-state index contributed by atoms with van der Waals surface area (Å²) in [4.78, 5) is 12.8. The fourth-order valence-corrected chi connectivity index (χ4v) is 3.13. The van der Waals surface area contributed by atoms with E-state index < -0.39 is 0 Å². The molecule has 0 N–H and O–H groups in total. The van der Waals surface area contributed by atoms with Gasteiger partial charge in [-0.2, -0.15) is 0 Å². The number of methoxy groups -OCH3 is 1. The zero-order chi connectivity index (χ0) is 22.8. The molecule has 0 atom stereocenters. The molecule has 0 aromatic heterocycles. The summed E-state index contributed by atoms with van der Waals surface area (Å²) in [5, 5.41) is 0. The summed E-state index contributed by atoms with van der Waals surface area (Å²) in [6.07, 6.45) is 3.26. The molecule has 0 aliphatic heterocycles. The third kappa shape index (κ3) is 6.14. The summed E-state index contributed by atoms with van der Waals surface area (Å²) in [6.45, 7) is 5.22. The lowest BCUT2D eigenvalue weighted by Crippen LogP contribution is -2.02. The summed E-state index contributed by atoms with van der Waals surface area (Å²) in [5.74, 6) is 2.33. The number of hydrogen-bond donors (Lipinski definition) is 0. The molecule has 32 heavy (non-hydrogen) atoms. The molecule has 3 aromatic rings. The van der Waals surface area contributed by atoms with E-state index in [0.717, 1.165) is 11.1 Å². The van der Waals surface area contributed by atoms with Crippen molar-refractivity contribution < 1.29 is 23.7 Å². The highest BCUT2D eigenvalue weighted by Crippen LogP contribution is 2.29. The lowest BCUT2D eigenvalue weighted by atomic mass is 10.1. The summed E-state index contributed by atoms with van der Waals surface area (Å²) in [6, 6.07) is 20.7. The Labute approximate surface area is 189 Å². The molecular formula is C27H28O5. The fraction of sp³-hybridized carbons (Fsp3) is 0.222. The van der Waals surface area contributed by atoms with Gasteiger partial charge in [0.15, 0.2) is 5.78 Å². The molecule has 0 bridgehead atoms. The van der Waals surface area contributed by atoms with Crippen molar-refractivity contribution in [1.29, 1.82) is 0 Å². The van der Waals surface area contributed by atoms with Crippen LogP contribution >= 0.6 is 0 Å². The molecule has 0 unspecified atom stereocenters. The minimum absolute atomic E-state index is 0.164. The predicted molar refractivity (Wildman–Crippen MR) is 126 cm³/mol.